The number of benzene rings is 1. The molecular formula is C17H20N6OS2. The van der Waals surface area contributed by atoms with Crippen LogP contribution in [-0.2, 0) is 4.79 Å². The van der Waals surface area contributed by atoms with Crippen LogP contribution in [0.2, 0.25) is 0 Å². The predicted octanol–water partition coefficient (Wildman–Crippen LogP) is 3.08. The summed E-state index contributed by atoms with van der Waals surface area (Å²) in [6.07, 6.45) is 0. The number of aromatic nitrogens is 4. The lowest BCUT2D eigenvalue weighted by atomic mass is 9.99. The molecule has 2 heterocycles. The SMILES string of the molecule is Cc1cc(C)c(-c2csc(NC(=O)CSc3nnc(C)n3N)n2)cc1C. The van der Waals surface area contributed by atoms with Crippen LogP contribution in [0.3, 0.4) is 0 Å². The van der Waals surface area contributed by atoms with Gasteiger partial charge in [0.2, 0.25) is 11.1 Å². The van der Waals surface area contributed by atoms with Gasteiger partial charge in [0.1, 0.15) is 5.82 Å². The highest BCUT2D eigenvalue weighted by Gasteiger charge is 2.13. The zero-order valence-corrected chi connectivity index (χ0v) is 16.7. The molecule has 26 heavy (non-hydrogen) atoms. The molecule has 0 saturated carbocycles. The summed E-state index contributed by atoms with van der Waals surface area (Å²) >= 11 is 2.64. The molecule has 0 aliphatic carbocycles. The predicted molar refractivity (Wildman–Crippen MR) is 106 cm³/mol. The van der Waals surface area contributed by atoms with Gasteiger partial charge in [0, 0.05) is 10.9 Å². The average Bonchev–Trinajstić information content (AvgIpc) is 3.17. The van der Waals surface area contributed by atoms with Crippen molar-refractivity contribution in [3.05, 3.63) is 40.0 Å². The van der Waals surface area contributed by atoms with Crippen LogP contribution >= 0.6 is 23.1 Å². The largest absolute Gasteiger partial charge is 0.336 e. The van der Waals surface area contributed by atoms with Gasteiger partial charge in [-0.1, -0.05) is 17.8 Å². The minimum absolute atomic E-state index is 0.159. The highest BCUT2D eigenvalue weighted by Crippen LogP contribution is 2.29. The molecule has 3 aromatic rings. The molecule has 7 nitrogen and oxygen atoms in total. The van der Waals surface area contributed by atoms with Crippen molar-refractivity contribution in [1.29, 1.82) is 0 Å². The number of aryl methyl sites for hydroxylation is 4. The van der Waals surface area contributed by atoms with Gasteiger partial charge in [-0.2, -0.15) is 0 Å². The van der Waals surface area contributed by atoms with Crippen molar-refractivity contribution >= 4 is 34.1 Å². The normalized spacial score (nSPS) is 10.9. The molecule has 0 bridgehead atoms. The monoisotopic (exact) mass is 388 g/mol. The summed E-state index contributed by atoms with van der Waals surface area (Å²) in [5.41, 5.74) is 5.61. The Morgan fingerprint density at radius 2 is 1.92 bits per heavy atom. The highest BCUT2D eigenvalue weighted by molar-refractivity contribution is 7.99. The van der Waals surface area contributed by atoms with Crippen LogP contribution in [0.15, 0.2) is 22.7 Å². The lowest BCUT2D eigenvalue weighted by Crippen LogP contribution is -2.16. The molecule has 0 atom stereocenters. The van der Waals surface area contributed by atoms with E-state index >= 15 is 0 Å². The summed E-state index contributed by atoms with van der Waals surface area (Å²) in [6.45, 7) is 8.01. The quantitative estimate of drug-likeness (QED) is 0.515. The minimum atomic E-state index is -0.159. The molecule has 2 aromatic heterocycles. The van der Waals surface area contributed by atoms with E-state index in [0.717, 1.165) is 11.3 Å². The zero-order valence-electron chi connectivity index (χ0n) is 15.0. The van der Waals surface area contributed by atoms with E-state index in [9.17, 15) is 4.79 Å². The van der Waals surface area contributed by atoms with Crippen LogP contribution in [-0.4, -0.2) is 31.5 Å². The fraction of sp³-hybridized carbons (Fsp3) is 0.294. The maximum absolute atomic E-state index is 12.2. The second-order valence-electron chi connectivity index (χ2n) is 6.03. The first kappa shape index (κ1) is 18.4. The molecular weight excluding hydrogens is 368 g/mol. The van der Waals surface area contributed by atoms with Crippen LogP contribution in [0.25, 0.3) is 11.3 Å². The average molecular weight is 389 g/mol. The molecule has 0 saturated heterocycles. The van der Waals surface area contributed by atoms with Gasteiger partial charge in [-0.15, -0.1) is 21.5 Å². The Bertz CT molecular complexity index is 962. The van der Waals surface area contributed by atoms with E-state index in [1.165, 1.54) is 44.5 Å². The van der Waals surface area contributed by atoms with Gasteiger partial charge in [-0.25, -0.2) is 9.66 Å². The number of carbonyl (C=O) groups excluding carboxylic acids is 1. The van der Waals surface area contributed by atoms with Crippen LogP contribution < -0.4 is 11.2 Å². The molecule has 3 N–H and O–H groups in total. The molecule has 1 aromatic carbocycles. The maximum atomic E-state index is 12.2. The highest BCUT2D eigenvalue weighted by atomic mass is 32.2. The summed E-state index contributed by atoms with van der Waals surface area (Å²) in [5.74, 6) is 6.40. The summed E-state index contributed by atoms with van der Waals surface area (Å²) in [4.78, 5) is 16.7. The number of nitrogens with zero attached hydrogens (tertiary/aromatic N) is 4. The van der Waals surface area contributed by atoms with Crippen LogP contribution in [0.4, 0.5) is 5.13 Å². The molecule has 136 valence electrons. The molecule has 0 radical (unpaired) electrons. The molecule has 3 rings (SSSR count). The third-order valence-corrected chi connectivity index (χ3v) is 5.74. The van der Waals surface area contributed by atoms with Crippen molar-refractivity contribution in [3.8, 4) is 11.3 Å². The third-order valence-electron chi connectivity index (χ3n) is 4.03. The van der Waals surface area contributed by atoms with E-state index in [1.807, 2.05) is 5.38 Å². The van der Waals surface area contributed by atoms with Crippen molar-refractivity contribution in [2.24, 2.45) is 0 Å². The Morgan fingerprint density at radius 3 is 2.62 bits per heavy atom. The molecule has 0 aliphatic rings. The number of thiazole rings is 1. The van der Waals surface area contributed by atoms with Gasteiger partial charge in [0.25, 0.3) is 0 Å². The van der Waals surface area contributed by atoms with E-state index in [0.29, 0.717) is 16.1 Å². The van der Waals surface area contributed by atoms with E-state index in [2.05, 4.69) is 53.4 Å². The Morgan fingerprint density at radius 1 is 1.19 bits per heavy atom. The van der Waals surface area contributed by atoms with E-state index in [-0.39, 0.29) is 11.7 Å². The van der Waals surface area contributed by atoms with Gasteiger partial charge in [0.05, 0.1) is 11.4 Å². The number of anilines is 1. The molecule has 9 heteroatoms. The Balaban J connectivity index is 1.66. The smallest absolute Gasteiger partial charge is 0.236 e. The Hall–Kier alpha value is -2.39. The summed E-state index contributed by atoms with van der Waals surface area (Å²) in [5, 5.41) is 13.6. The van der Waals surface area contributed by atoms with Crippen LogP contribution in [0.1, 0.15) is 22.5 Å². The first-order chi connectivity index (χ1) is 12.3. The molecule has 0 spiro atoms. The number of thioether (sulfide) groups is 1. The van der Waals surface area contributed by atoms with Gasteiger partial charge in [0.15, 0.2) is 5.13 Å². The number of amides is 1. The standard InChI is InChI=1S/C17H20N6OS2/c1-9-5-11(3)13(6-10(9)2)14-7-25-16(19-14)20-15(24)8-26-17-22-21-12(4)23(17)18/h5-7H,8,18H2,1-4H3,(H,19,20,24). The first-order valence-electron chi connectivity index (χ1n) is 7.98. The first-order valence-corrected chi connectivity index (χ1v) is 9.85. The number of hydrogen-bond acceptors (Lipinski definition) is 7. The van der Waals surface area contributed by atoms with Crippen molar-refractivity contribution in [1.82, 2.24) is 19.9 Å². The van der Waals surface area contributed by atoms with E-state index in [1.54, 1.807) is 6.92 Å². The third kappa shape index (κ3) is 3.88. The Labute approximate surface area is 160 Å². The molecule has 1 amide bonds. The lowest BCUT2D eigenvalue weighted by Gasteiger charge is -2.07. The van der Waals surface area contributed by atoms with Crippen molar-refractivity contribution < 1.29 is 4.79 Å². The second-order valence-corrected chi connectivity index (χ2v) is 7.83. The van der Waals surface area contributed by atoms with E-state index in [4.69, 9.17) is 5.84 Å². The van der Waals surface area contributed by atoms with Crippen LogP contribution in [0, 0.1) is 27.7 Å². The zero-order chi connectivity index (χ0) is 18.8. The van der Waals surface area contributed by atoms with Gasteiger partial charge in [-0.3, -0.25) is 4.79 Å². The lowest BCUT2D eigenvalue weighted by molar-refractivity contribution is -0.113. The van der Waals surface area contributed by atoms with Gasteiger partial charge >= 0.3 is 0 Å². The van der Waals surface area contributed by atoms with E-state index < -0.39 is 0 Å². The summed E-state index contributed by atoms with van der Waals surface area (Å²) < 4.78 is 1.36. The number of nitrogens with one attached hydrogen (secondary N) is 1. The summed E-state index contributed by atoms with van der Waals surface area (Å²) in [7, 11) is 0. The number of hydrogen-bond donors (Lipinski definition) is 2. The number of nitrogens with two attached hydrogens (primary N) is 1. The van der Waals surface area contributed by atoms with Crippen molar-refractivity contribution in [2.75, 3.05) is 16.9 Å². The van der Waals surface area contributed by atoms with Crippen LogP contribution in [0.5, 0.6) is 0 Å². The minimum Gasteiger partial charge on any atom is -0.336 e. The van der Waals surface area contributed by atoms with Gasteiger partial charge in [-0.05, 0) is 50.5 Å². The number of nitrogen functional groups attached to an aromatic ring is 1. The fourth-order valence-electron chi connectivity index (χ4n) is 2.43. The molecule has 0 unspecified atom stereocenters. The maximum Gasteiger partial charge on any atom is 0.236 e. The Kier molecular flexibility index (Phi) is 5.28. The second kappa shape index (κ2) is 7.46. The summed E-state index contributed by atoms with van der Waals surface area (Å²) in [6, 6.07) is 4.29. The fourth-order valence-corrected chi connectivity index (χ4v) is 3.85. The topological polar surface area (TPSA) is 98.7 Å². The van der Waals surface area contributed by atoms with Gasteiger partial charge < -0.3 is 11.2 Å². The number of carbonyl (C=O) groups is 1. The van der Waals surface area contributed by atoms with Crippen molar-refractivity contribution in [2.45, 2.75) is 32.9 Å². The molecule has 0 aliphatic heterocycles. The molecule has 0 fully saturated rings. The van der Waals surface area contributed by atoms with Crippen molar-refractivity contribution in [3.63, 3.8) is 0 Å². The number of rotatable bonds is 5.